The number of fused-ring (bicyclic) bond motifs is 1. The van der Waals surface area contributed by atoms with Gasteiger partial charge in [-0.2, -0.15) is 4.98 Å². The molecule has 3 N–H and O–H groups in total. The number of aromatic nitrogens is 1. The molecular weight excluding hydrogens is 202 g/mol. The van der Waals surface area contributed by atoms with Crippen LogP contribution in [0.1, 0.15) is 13.3 Å². The number of hydrogen-bond donors (Lipinski definition) is 2. The average Bonchev–Trinajstić information content (AvgIpc) is 2.66. The average molecular weight is 217 g/mol. The summed E-state index contributed by atoms with van der Waals surface area (Å²) < 4.78 is 5.50. The maximum Gasteiger partial charge on any atom is 0.295 e. The van der Waals surface area contributed by atoms with Gasteiger partial charge in [-0.25, -0.2) is 0 Å². The molecule has 0 aliphatic heterocycles. The lowest BCUT2D eigenvalue weighted by Crippen LogP contribution is -1.99. The van der Waals surface area contributed by atoms with Crippen LogP contribution in [0.3, 0.4) is 0 Å². The molecule has 0 radical (unpaired) electrons. The summed E-state index contributed by atoms with van der Waals surface area (Å²) in [6.07, 6.45) is 5.07. The summed E-state index contributed by atoms with van der Waals surface area (Å²) in [5.41, 5.74) is 7.90. The van der Waals surface area contributed by atoms with E-state index in [1.165, 1.54) is 0 Å². The fraction of sp³-hybridized carbons (Fsp3) is 0.250. The Labute approximate surface area is 94.2 Å². The molecular formula is C12H15N3O. The molecule has 0 aliphatic carbocycles. The van der Waals surface area contributed by atoms with Crippen LogP contribution in [-0.2, 0) is 0 Å². The van der Waals surface area contributed by atoms with E-state index in [1.807, 2.05) is 19.1 Å². The fourth-order valence-electron chi connectivity index (χ4n) is 1.45. The molecule has 4 nitrogen and oxygen atoms in total. The first-order chi connectivity index (χ1) is 7.79. The first-order valence-electron chi connectivity index (χ1n) is 5.30. The van der Waals surface area contributed by atoms with Crippen LogP contribution < -0.4 is 11.1 Å². The van der Waals surface area contributed by atoms with Crippen molar-refractivity contribution in [3.8, 4) is 0 Å². The van der Waals surface area contributed by atoms with Gasteiger partial charge in [-0.1, -0.05) is 12.2 Å². The number of hydrogen-bond acceptors (Lipinski definition) is 4. The minimum atomic E-state index is 0.546. The maximum absolute atomic E-state index is 5.66. The lowest BCUT2D eigenvalue weighted by Gasteiger charge is -1.96. The minimum absolute atomic E-state index is 0.546. The van der Waals surface area contributed by atoms with Crippen LogP contribution in [0, 0.1) is 0 Å². The van der Waals surface area contributed by atoms with Crippen LogP contribution in [0.4, 0.5) is 11.7 Å². The first kappa shape index (κ1) is 10.5. The normalized spacial score (nSPS) is 11.3. The molecule has 0 saturated heterocycles. The predicted molar refractivity (Wildman–Crippen MR) is 66.3 cm³/mol. The van der Waals surface area contributed by atoms with Crippen molar-refractivity contribution in [2.24, 2.45) is 0 Å². The van der Waals surface area contributed by atoms with Crippen molar-refractivity contribution in [1.82, 2.24) is 4.98 Å². The minimum Gasteiger partial charge on any atom is -0.424 e. The Morgan fingerprint density at radius 1 is 1.50 bits per heavy atom. The van der Waals surface area contributed by atoms with Gasteiger partial charge >= 0.3 is 0 Å². The van der Waals surface area contributed by atoms with Crippen molar-refractivity contribution in [3.63, 3.8) is 0 Å². The van der Waals surface area contributed by atoms with Crippen LogP contribution in [0.25, 0.3) is 11.1 Å². The summed E-state index contributed by atoms with van der Waals surface area (Å²) in [6.45, 7) is 2.81. The standard InChI is InChI=1S/C12H15N3O/c1-2-3-4-7-14-12-15-10-8-9(13)5-6-11(10)16-12/h2-3,5-6,8H,4,7,13H2,1H3,(H,14,15)/b3-2+. The zero-order chi connectivity index (χ0) is 11.4. The molecule has 4 heteroatoms. The number of nitrogens with two attached hydrogens (primary N) is 1. The van der Waals surface area contributed by atoms with Crippen molar-refractivity contribution in [1.29, 1.82) is 0 Å². The summed E-state index contributed by atoms with van der Waals surface area (Å²) in [5.74, 6) is 0. The van der Waals surface area contributed by atoms with E-state index in [1.54, 1.807) is 12.1 Å². The Kier molecular flexibility index (Phi) is 3.10. The van der Waals surface area contributed by atoms with E-state index in [4.69, 9.17) is 10.2 Å². The van der Waals surface area contributed by atoms with Crippen molar-refractivity contribution < 1.29 is 4.42 Å². The van der Waals surface area contributed by atoms with Gasteiger partial charge in [0, 0.05) is 12.2 Å². The van der Waals surface area contributed by atoms with Gasteiger partial charge in [0.2, 0.25) is 0 Å². The molecule has 84 valence electrons. The van der Waals surface area contributed by atoms with Gasteiger partial charge in [0.05, 0.1) is 0 Å². The van der Waals surface area contributed by atoms with Crippen LogP contribution in [0.5, 0.6) is 0 Å². The highest BCUT2D eigenvalue weighted by Gasteiger charge is 2.04. The maximum atomic E-state index is 5.66. The number of allylic oxidation sites excluding steroid dienone is 1. The molecule has 0 spiro atoms. The second-order valence-electron chi connectivity index (χ2n) is 3.53. The highest BCUT2D eigenvalue weighted by Crippen LogP contribution is 2.20. The molecule has 0 aliphatic rings. The van der Waals surface area contributed by atoms with E-state index in [0.29, 0.717) is 11.7 Å². The third kappa shape index (κ3) is 2.34. The first-order valence-corrected chi connectivity index (χ1v) is 5.30. The summed E-state index contributed by atoms with van der Waals surface area (Å²) in [5, 5.41) is 3.12. The van der Waals surface area contributed by atoms with Crippen molar-refractivity contribution in [2.75, 3.05) is 17.6 Å². The Bertz CT molecular complexity index is 502. The molecule has 1 heterocycles. The van der Waals surface area contributed by atoms with Crippen LogP contribution in [0.2, 0.25) is 0 Å². The molecule has 16 heavy (non-hydrogen) atoms. The van der Waals surface area contributed by atoms with Gasteiger partial charge in [-0.15, -0.1) is 0 Å². The summed E-state index contributed by atoms with van der Waals surface area (Å²) in [7, 11) is 0. The van der Waals surface area contributed by atoms with Gasteiger partial charge in [-0.05, 0) is 31.5 Å². The van der Waals surface area contributed by atoms with Gasteiger partial charge in [0.1, 0.15) is 5.52 Å². The number of nitrogens with zero attached hydrogens (tertiary/aromatic N) is 1. The lowest BCUT2D eigenvalue weighted by molar-refractivity contribution is 0.615. The number of rotatable bonds is 4. The van der Waals surface area contributed by atoms with Gasteiger partial charge < -0.3 is 15.5 Å². The largest absolute Gasteiger partial charge is 0.424 e. The number of benzene rings is 1. The quantitative estimate of drug-likeness (QED) is 0.469. The van der Waals surface area contributed by atoms with Crippen molar-refractivity contribution >= 4 is 22.8 Å². The SMILES string of the molecule is C/C=C/CCNc1nc2cc(N)ccc2o1. The number of oxazole rings is 1. The number of anilines is 2. The lowest BCUT2D eigenvalue weighted by atomic mass is 10.3. The Balaban J connectivity index is 2.08. The molecule has 0 atom stereocenters. The van der Waals surface area contributed by atoms with Crippen LogP contribution >= 0.6 is 0 Å². The second kappa shape index (κ2) is 4.70. The van der Waals surface area contributed by atoms with Crippen LogP contribution in [0.15, 0.2) is 34.8 Å². The molecule has 0 unspecified atom stereocenters. The number of nitrogen functional groups attached to an aromatic ring is 1. The van der Waals surface area contributed by atoms with E-state index >= 15 is 0 Å². The predicted octanol–water partition coefficient (Wildman–Crippen LogP) is 2.79. The monoisotopic (exact) mass is 217 g/mol. The van der Waals surface area contributed by atoms with Crippen molar-refractivity contribution in [3.05, 3.63) is 30.4 Å². The number of nitrogens with one attached hydrogen (secondary N) is 1. The Morgan fingerprint density at radius 3 is 3.19 bits per heavy atom. The van der Waals surface area contributed by atoms with Crippen molar-refractivity contribution in [2.45, 2.75) is 13.3 Å². The highest BCUT2D eigenvalue weighted by molar-refractivity contribution is 5.78. The summed E-state index contributed by atoms with van der Waals surface area (Å²) in [6, 6.07) is 5.98. The smallest absolute Gasteiger partial charge is 0.295 e. The Hall–Kier alpha value is -1.97. The third-order valence-corrected chi connectivity index (χ3v) is 2.23. The third-order valence-electron chi connectivity index (χ3n) is 2.23. The van der Waals surface area contributed by atoms with E-state index in [2.05, 4.69) is 16.4 Å². The van der Waals surface area contributed by atoms with E-state index in [9.17, 15) is 0 Å². The van der Waals surface area contributed by atoms with Gasteiger partial charge in [-0.3, -0.25) is 0 Å². The summed E-state index contributed by atoms with van der Waals surface area (Å²) >= 11 is 0. The van der Waals surface area contributed by atoms with Crippen LogP contribution in [-0.4, -0.2) is 11.5 Å². The summed E-state index contributed by atoms with van der Waals surface area (Å²) in [4.78, 5) is 4.29. The fourth-order valence-corrected chi connectivity index (χ4v) is 1.45. The van der Waals surface area contributed by atoms with E-state index < -0.39 is 0 Å². The topological polar surface area (TPSA) is 64.1 Å². The second-order valence-corrected chi connectivity index (χ2v) is 3.53. The molecule has 1 aromatic carbocycles. The van der Waals surface area contributed by atoms with E-state index in [-0.39, 0.29) is 0 Å². The molecule has 2 aromatic rings. The zero-order valence-electron chi connectivity index (χ0n) is 9.23. The molecule has 1 aromatic heterocycles. The molecule has 2 rings (SSSR count). The zero-order valence-corrected chi connectivity index (χ0v) is 9.23. The van der Waals surface area contributed by atoms with E-state index in [0.717, 1.165) is 24.1 Å². The van der Waals surface area contributed by atoms with Gasteiger partial charge in [0.25, 0.3) is 6.01 Å². The molecule has 0 bridgehead atoms. The molecule has 0 saturated carbocycles. The Morgan fingerprint density at radius 2 is 2.38 bits per heavy atom. The van der Waals surface area contributed by atoms with Gasteiger partial charge in [0.15, 0.2) is 5.58 Å². The highest BCUT2D eigenvalue weighted by atomic mass is 16.4. The molecule has 0 fully saturated rings. The molecule has 0 amide bonds.